The van der Waals surface area contributed by atoms with Crippen LogP contribution in [-0.4, -0.2) is 11.0 Å². The number of benzene rings is 2. The molecule has 0 saturated heterocycles. The molecule has 3 nitrogen and oxygen atoms in total. The van der Waals surface area contributed by atoms with Crippen LogP contribution in [0.5, 0.6) is 0 Å². The topological polar surface area (TPSA) is 39.2 Å². The summed E-state index contributed by atoms with van der Waals surface area (Å²) in [7, 11) is 0. The van der Waals surface area contributed by atoms with Gasteiger partial charge in [-0.3, -0.25) is 0 Å². The Hall–Kier alpha value is -2.60. The summed E-state index contributed by atoms with van der Waals surface area (Å²) in [6.45, 7) is 1.49. The zero-order valence-corrected chi connectivity index (χ0v) is 13.5. The van der Waals surface area contributed by atoms with Crippen LogP contribution >= 0.6 is 11.3 Å². The van der Waals surface area contributed by atoms with Gasteiger partial charge in [0.25, 0.3) is 0 Å². The number of esters is 1. The van der Waals surface area contributed by atoms with Crippen molar-refractivity contribution in [3.63, 3.8) is 0 Å². The molecule has 0 fully saturated rings. The third-order valence-electron chi connectivity index (χ3n) is 3.36. The van der Waals surface area contributed by atoms with Gasteiger partial charge in [0.15, 0.2) is 0 Å². The highest BCUT2D eigenvalue weighted by Crippen LogP contribution is 2.23. The minimum Gasteiger partial charge on any atom is -0.455 e. The third-order valence-corrected chi connectivity index (χ3v) is 4.36. The van der Waals surface area contributed by atoms with Gasteiger partial charge < -0.3 is 4.74 Å². The van der Waals surface area contributed by atoms with E-state index in [0.29, 0.717) is 5.01 Å². The van der Waals surface area contributed by atoms with E-state index in [1.54, 1.807) is 6.08 Å². The van der Waals surface area contributed by atoms with E-state index >= 15 is 0 Å². The highest BCUT2D eigenvalue weighted by Gasteiger charge is 2.15. The fraction of sp³-hybridized carbons (Fsp3) is 0.111. The van der Waals surface area contributed by atoms with Gasteiger partial charge in [-0.05, 0) is 43.3 Å². The van der Waals surface area contributed by atoms with Crippen LogP contribution in [0.3, 0.4) is 0 Å². The summed E-state index contributed by atoms with van der Waals surface area (Å²) in [4.78, 5) is 16.2. The molecule has 1 aromatic heterocycles. The van der Waals surface area contributed by atoms with E-state index in [0.717, 1.165) is 28.4 Å². The van der Waals surface area contributed by atoms with Crippen molar-refractivity contribution in [1.29, 1.82) is 0 Å². The number of carbonyl (C=O) groups is 1. The molecule has 1 unspecified atom stereocenters. The molecule has 0 aliphatic heterocycles. The Morgan fingerprint density at radius 1 is 1.25 bits per heavy atom. The monoisotopic (exact) mass is 345 g/mol. The summed E-state index contributed by atoms with van der Waals surface area (Å²) >= 11 is 1.44. The van der Waals surface area contributed by atoms with Gasteiger partial charge in [0.05, 0.1) is 10.2 Å². The van der Waals surface area contributed by atoms with E-state index in [4.69, 9.17) is 4.74 Å². The van der Waals surface area contributed by atoms with Crippen LogP contribution in [0.4, 0.5) is 8.78 Å². The summed E-state index contributed by atoms with van der Waals surface area (Å²) in [5.41, 5.74) is 0.849. The summed E-state index contributed by atoms with van der Waals surface area (Å²) in [5, 5.41) is 0.665. The zero-order chi connectivity index (χ0) is 17.1. The predicted molar refractivity (Wildman–Crippen MR) is 89.5 cm³/mol. The molecule has 24 heavy (non-hydrogen) atoms. The lowest BCUT2D eigenvalue weighted by molar-refractivity contribution is -0.142. The van der Waals surface area contributed by atoms with E-state index in [2.05, 4.69) is 4.98 Å². The number of ether oxygens (including phenoxy) is 1. The Morgan fingerprint density at radius 2 is 2.04 bits per heavy atom. The number of carbonyl (C=O) groups excluding carboxylic acids is 1. The Bertz CT molecular complexity index is 887. The first-order chi connectivity index (χ1) is 11.5. The lowest BCUT2D eigenvalue weighted by Gasteiger charge is -2.13. The van der Waals surface area contributed by atoms with Crippen molar-refractivity contribution in [2.45, 2.75) is 13.0 Å². The predicted octanol–water partition coefficient (Wildman–Crippen LogP) is 4.89. The number of rotatable bonds is 4. The molecular formula is C18H13F2NO2S. The van der Waals surface area contributed by atoms with Crippen molar-refractivity contribution in [2.75, 3.05) is 0 Å². The third kappa shape index (κ3) is 3.65. The second-order valence-electron chi connectivity index (χ2n) is 5.10. The number of hydrogen-bond donors (Lipinski definition) is 0. The molecule has 122 valence electrons. The van der Waals surface area contributed by atoms with Gasteiger partial charge in [-0.1, -0.05) is 12.1 Å². The molecule has 3 rings (SSSR count). The summed E-state index contributed by atoms with van der Waals surface area (Å²) in [5.74, 6) is -1.85. The fourth-order valence-electron chi connectivity index (χ4n) is 2.20. The van der Waals surface area contributed by atoms with Gasteiger partial charge in [-0.15, -0.1) is 11.3 Å². The molecule has 0 N–H and O–H groups in total. The quantitative estimate of drug-likeness (QED) is 0.499. The number of fused-ring (bicyclic) bond motifs is 1. The summed E-state index contributed by atoms with van der Waals surface area (Å²) in [6, 6.07) is 10.7. The van der Waals surface area contributed by atoms with Crippen LogP contribution in [0.1, 0.15) is 23.6 Å². The van der Waals surface area contributed by atoms with Crippen molar-refractivity contribution in [3.8, 4) is 0 Å². The number of hydrogen-bond acceptors (Lipinski definition) is 4. The minimum absolute atomic E-state index is 0.00302. The average molecular weight is 345 g/mol. The molecule has 3 aromatic rings. The van der Waals surface area contributed by atoms with Crippen LogP contribution in [-0.2, 0) is 9.53 Å². The molecule has 2 aromatic carbocycles. The number of halogens is 2. The lowest BCUT2D eigenvalue weighted by atomic mass is 10.1. The number of nitrogens with zero attached hydrogens (tertiary/aromatic N) is 1. The molecule has 6 heteroatoms. The van der Waals surface area contributed by atoms with Gasteiger partial charge in [-0.2, -0.15) is 0 Å². The molecule has 0 saturated carbocycles. The van der Waals surface area contributed by atoms with Gasteiger partial charge in [0.1, 0.15) is 22.7 Å². The Kier molecular flexibility index (Phi) is 4.66. The van der Waals surface area contributed by atoms with Crippen molar-refractivity contribution in [3.05, 3.63) is 70.7 Å². The molecule has 1 atom stereocenters. The van der Waals surface area contributed by atoms with Gasteiger partial charge in [0.2, 0.25) is 0 Å². The lowest BCUT2D eigenvalue weighted by Crippen LogP contribution is -2.08. The second-order valence-corrected chi connectivity index (χ2v) is 6.16. The summed E-state index contributed by atoms with van der Waals surface area (Å²) < 4.78 is 33.0. The van der Waals surface area contributed by atoms with Crippen molar-refractivity contribution in [1.82, 2.24) is 4.98 Å². The number of thiazole rings is 1. The van der Waals surface area contributed by atoms with Crippen LogP contribution < -0.4 is 0 Å². The van der Waals surface area contributed by atoms with E-state index in [1.165, 1.54) is 24.3 Å². The van der Waals surface area contributed by atoms with Crippen molar-refractivity contribution >= 4 is 33.6 Å². The zero-order valence-electron chi connectivity index (χ0n) is 12.7. The van der Waals surface area contributed by atoms with E-state index in [9.17, 15) is 13.6 Å². The molecule has 1 heterocycles. The first-order valence-corrected chi connectivity index (χ1v) is 8.04. The van der Waals surface area contributed by atoms with E-state index < -0.39 is 23.7 Å². The van der Waals surface area contributed by atoms with Crippen LogP contribution in [0.2, 0.25) is 0 Å². The van der Waals surface area contributed by atoms with Gasteiger partial charge >= 0.3 is 5.97 Å². The number of aromatic nitrogens is 1. The highest BCUT2D eigenvalue weighted by atomic mass is 32.1. The maximum absolute atomic E-state index is 13.7. The van der Waals surface area contributed by atoms with Crippen LogP contribution in [0.15, 0.2) is 48.5 Å². The van der Waals surface area contributed by atoms with Gasteiger partial charge in [-0.25, -0.2) is 18.6 Å². The molecular weight excluding hydrogens is 332 g/mol. The largest absolute Gasteiger partial charge is 0.455 e. The molecule has 0 aliphatic carbocycles. The highest BCUT2D eigenvalue weighted by molar-refractivity contribution is 7.19. The minimum atomic E-state index is -0.895. The first kappa shape index (κ1) is 16.3. The maximum atomic E-state index is 13.7. The smallest absolute Gasteiger partial charge is 0.331 e. The normalized spacial score (nSPS) is 12.6. The van der Waals surface area contributed by atoms with Crippen molar-refractivity contribution < 1.29 is 18.3 Å². The van der Waals surface area contributed by atoms with Crippen LogP contribution in [0, 0.1) is 11.6 Å². The van der Waals surface area contributed by atoms with Crippen molar-refractivity contribution in [2.24, 2.45) is 0 Å². The van der Waals surface area contributed by atoms with Crippen LogP contribution in [0.25, 0.3) is 16.3 Å². The van der Waals surface area contributed by atoms with E-state index in [-0.39, 0.29) is 5.56 Å². The first-order valence-electron chi connectivity index (χ1n) is 7.22. The number of para-hydroxylation sites is 1. The van der Waals surface area contributed by atoms with Gasteiger partial charge in [0, 0.05) is 11.6 Å². The fourth-order valence-corrected chi connectivity index (χ4v) is 3.07. The van der Waals surface area contributed by atoms with E-state index in [1.807, 2.05) is 24.3 Å². The average Bonchev–Trinajstić information content (AvgIpc) is 2.98. The molecule has 0 radical (unpaired) electrons. The molecule has 0 amide bonds. The SMILES string of the molecule is CC(OC(=O)/C=C/c1nc2ccccc2s1)c1cc(F)ccc1F. The second kappa shape index (κ2) is 6.88. The summed E-state index contributed by atoms with van der Waals surface area (Å²) in [6.07, 6.45) is 1.88. The molecule has 0 spiro atoms. The Labute approximate surface area is 141 Å². The Morgan fingerprint density at radius 3 is 2.83 bits per heavy atom. The molecule has 0 bridgehead atoms. The maximum Gasteiger partial charge on any atom is 0.331 e. The molecule has 0 aliphatic rings. The Balaban J connectivity index is 1.69. The standard InChI is InChI=1S/C18H13F2NO2S/c1-11(13-10-12(19)6-7-14(13)20)23-18(22)9-8-17-21-15-4-2-3-5-16(15)24-17/h2-11H,1H3/b9-8+.